The Balaban J connectivity index is 0.000000193. The number of primary amides is 3. The zero-order valence-electron chi connectivity index (χ0n) is 38.7. The number of piperidine rings is 1. The van der Waals surface area contributed by atoms with Crippen LogP contribution in [0.25, 0.3) is 33.8 Å². The van der Waals surface area contributed by atoms with Crippen LogP contribution in [-0.2, 0) is 4.74 Å². The third-order valence-electron chi connectivity index (χ3n) is 10.6. The minimum atomic E-state index is -0.709. The highest BCUT2D eigenvalue weighted by molar-refractivity contribution is 6.35. The second kappa shape index (κ2) is 24.6. The molecule has 1 saturated heterocycles. The van der Waals surface area contributed by atoms with Crippen molar-refractivity contribution in [1.82, 2.24) is 29.9 Å². The summed E-state index contributed by atoms with van der Waals surface area (Å²) in [6, 6.07) is 19.4. The molecule has 0 spiro atoms. The maximum atomic E-state index is 13.4. The number of benzene rings is 3. The number of halogens is 4. The Morgan fingerprint density at radius 3 is 1.64 bits per heavy atom. The molecule has 4 heterocycles. The van der Waals surface area contributed by atoms with E-state index in [4.69, 9.17) is 45.1 Å². The van der Waals surface area contributed by atoms with E-state index < -0.39 is 35.3 Å². The standard InChI is InChI=1S/C17H20N4O3.C16H16F2N4O.C15H16Cl2N4O/c1-4-21(5-2)17-19-13(10-14(20-17)15(18)22)11-7-6-8-12(9-11)16(23)24-3;17-11-6-10(7-12(18)8-11)13-9-14(15(19)23)21-16(20-13)22-4-2-1-3-5-22;1-3-21(4-2)15-19-12(8-13(20-15)14(18)22)10-7-9(16)5-6-11(10)17/h6-10H,4-5H2,1-3H3,(H2,18,22);6-9H,1-5H2,(H2,19,23);5-8H,3-4H2,1-2H3,(H2,18,22). The van der Waals surface area contributed by atoms with Crippen LogP contribution in [0, 0.1) is 11.6 Å². The number of nitrogens with two attached hydrogens (primary N) is 3. The maximum absolute atomic E-state index is 13.4. The van der Waals surface area contributed by atoms with E-state index >= 15 is 0 Å². The third-order valence-corrected chi connectivity index (χ3v) is 11.1. The number of methoxy groups -OCH3 is 1. The highest BCUT2D eigenvalue weighted by atomic mass is 35.5. The van der Waals surface area contributed by atoms with Gasteiger partial charge in [-0.2, -0.15) is 0 Å². The third kappa shape index (κ3) is 14.1. The number of anilines is 3. The number of amides is 3. The fourth-order valence-electron chi connectivity index (χ4n) is 6.97. The molecule has 362 valence electrons. The summed E-state index contributed by atoms with van der Waals surface area (Å²) >= 11 is 12.2. The molecule has 3 aromatic heterocycles. The molecule has 0 aliphatic carbocycles. The van der Waals surface area contributed by atoms with E-state index in [0.29, 0.717) is 82.1 Å². The van der Waals surface area contributed by atoms with Crippen LogP contribution in [0.15, 0.2) is 78.9 Å². The predicted octanol–water partition coefficient (Wildman–Crippen LogP) is 7.78. The average Bonchev–Trinajstić information content (AvgIpc) is 3.35. The Labute approximate surface area is 408 Å². The lowest BCUT2D eigenvalue weighted by molar-refractivity contribution is 0.0600. The molecule has 6 N–H and O–H groups in total. The van der Waals surface area contributed by atoms with E-state index in [2.05, 4.69) is 29.9 Å². The Bertz CT molecular complexity index is 2790. The van der Waals surface area contributed by atoms with Crippen molar-refractivity contribution < 1.29 is 32.7 Å². The van der Waals surface area contributed by atoms with Crippen molar-refractivity contribution in [3.05, 3.63) is 123 Å². The first-order chi connectivity index (χ1) is 33.0. The predicted molar refractivity (Wildman–Crippen MR) is 262 cm³/mol. The van der Waals surface area contributed by atoms with Gasteiger partial charge in [0.25, 0.3) is 17.7 Å². The Hall–Kier alpha value is -7.38. The van der Waals surface area contributed by atoms with E-state index in [1.807, 2.05) is 42.4 Å². The summed E-state index contributed by atoms with van der Waals surface area (Å²) in [5.74, 6) is -2.58. The summed E-state index contributed by atoms with van der Waals surface area (Å²) in [5.41, 5.74) is 19.6. The van der Waals surface area contributed by atoms with Crippen molar-refractivity contribution in [1.29, 1.82) is 0 Å². The smallest absolute Gasteiger partial charge is 0.337 e. The molecule has 0 unspecified atom stereocenters. The quantitative estimate of drug-likeness (QED) is 0.0883. The minimum Gasteiger partial charge on any atom is -0.465 e. The Kier molecular flexibility index (Phi) is 18.7. The van der Waals surface area contributed by atoms with Gasteiger partial charge in [-0.05, 0) is 108 Å². The molecular weight excluding hydrogens is 934 g/mol. The molecule has 21 heteroatoms. The molecule has 1 fully saturated rings. The zero-order valence-corrected chi connectivity index (χ0v) is 40.2. The largest absolute Gasteiger partial charge is 0.465 e. The molecule has 1 aliphatic heterocycles. The first-order valence-electron chi connectivity index (χ1n) is 21.9. The van der Waals surface area contributed by atoms with Crippen molar-refractivity contribution in [2.45, 2.75) is 47.0 Å². The van der Waals surface area contributed by atoms with E-state index in [1.54, 1.807) is 42.5 Å². The van der Waals surface area contributed by atoms with Gasteiger partial charge in [0.2, 0.25) is 17.8 Å². The second-order valence-electron chi connectivity index (χ2n) is 15.2. The van der Waals surface area contributed by atoms with Crippen molar-refractivity contribution in [3.63, 3.8) is 0 Å². The van der Waals surface area contributed by atoms with Gasteiger partial charge in [-0.1, -0.05) is 35.3 Å². The van der Waals surface area contributed by atoms with E-state index in [1.165, 1.54) is 25.3 Å². The number of rotatable bonds is 14. The Morgan fingerprint density at radius 2 is 1.12 bits per heavy atom. The van der Waals surface area contributed by atoms with Crippen LogP contribution in [0.4, 0.5) is 26.6 Å². The molecule has 0 bridgehead atoms. The first kappa shape index (κ1) is 52.6. The van der Waals surface area contributed by atoms with Gasteiger partial charge >= 0.3 is 5.97 Å². The topological polar surface area (TPSA) is 243 Å². The highest BCUT2D eigenvalue weighted by Gasteiger charge is 2.20. The van der Waals surface area contributed by atoms with Gasteiger partial charge in [0.1, 0.15) is 28.7 Å². The van der Waals surface area contributed by atoms with E-state index in [9.17, 15) is 28.0 Å². The monoisotopic (exact) mass is 984 g/mol. The van der Waals surface area contributed by atoms with Crippen LogP contribution in [0.5, 0.6) is 0 Å². The van der Waals surface area contributed by atoms with E-state index in [0.717, 1.165) is 50.6 Å². The molecule has 1 aliphatic rings. The van der Waals surface area contributed by atoms with Crippen LogP contribution in [0.2, 0.25) is 10.0 Å². The fourth-order valence-corrected chi connectivity index (χ4v) is 7.35. The number of aromatic nitrogens is 6. The SMILES string of the molecule is CCN(CC)c1nc(C(N)=O)cc(-c2cc(Cl)ccc2Cl)n1.CCN(CC)c1nc(C(N)=O)cc(-c2cccc(C(=O)OC)c2)n1.NC(=O)c1cc(-c2cc(F)cc(F)c2)nc(N2CCCCC2)n1. The number of esters is 1. The van der Waals surface area contributed by atoms with Crippen molar-refractivity contribution in [2.24, 2.45) is 17.2 Å². The van der Waals surface area contributed by atoms with Crippen LogP contribution in [-0.4, -0.2) is 100.0 Å². The van der Waals surface area contributed by atoms with Crippen LogP contribution in [0.1, 0.15) is 88.8 Å². The van der Waals surface area contributed by atoms with Gasteiger partial charge in [-0.15, -0.1) is 0 Å². The lowest BCUT2D eigenvalue weighted by Gasteiger charge is -2.27. The molecule has 6 aromatic rings. The number of carbonyl (C=O) groups is 4. The van der Waals surface area contributed by atoms with Crippen LogP contribution >= 0.6 is 23.2 Å². The molecule has 0 atom stereocenters. The summed E-state index contributed by atoms with van der Waals surface area (Å²) < 4.78 is 31.6. The maximum Gasteiger partial charge on any atom is 0.337 e. The van der Waals surface area contributed by atoms with Gasteiger partial charge < -0.3 is 36.6 Å². The Morgan fingerprint density at radius 1 is 0.609 bits per heavy atom. The van der Waals surface area contributed by atoms with Crippen LogP contribution < -0.4 is 31.9 Å². The summed E-state index contributed by atoms with van der Waals surface area (Å²) in [4.78, 5) is 78.1. The van der Waals surface area contributed by atoms with Gasteiger partial charge in [-0.3, -0.25) is 14.4 Å². The molecular formula is C48H52Cl2F2N12O5. The lowest BCUT2D eigenvalue weighted by Crippen LogP contribution is -2.31. The molecule has 3 amide bonds. The van der Waals surface area contributed by atoms with Gasteiger partial charge in [0.05, 0.1) is 34.8 Å². The average molecular weight is 986 g/mol. The van der Waals surface area contributed by atoms with Crippen LogP contribution in [0.3, 0.4) is 0 Å². The first-order valence-corrected chi connectivity index (χ1v) is 22.7. The van der Waals surface area contributed by atoms with Crippen molar-refractivity contribution in [3.8, 4) is 33.8 Å². The van der Waals surface area contributed by atoms with Gasteiger partial charge in [0.15, 0.2) is 0 Å². The summed E-state index contributed by atoms with van der Waals surface area (Å²) in [6.45, 7) is 12.3. The normalized spacial score (nSPS) is 11.9. The second-order valence-corrected chi connectivity index (χ2v) is 16.0. The lowest BCUT2D eigenvalue weighted by atomic mass is 10.1. The zero-order chi connectivity index (χ0) is 50.4. The number of nitrogens with zero attached hydrogens (tertiary/aromatic N) is 9. The van der Waals surface area contributed by atoms with E-state index in [-0.39, 0.29) is 28.3 Å². The van der Waals surface area contributed by atoms with Crippen molar-refractivity contribution >= 4 is 64.7 Å². The molecule has 69 heavy (non-hydrogen) atoms. The number of carbonyl (C=O) groups excluding carboxylic acids is 4. The molecule has 0 radical (unpaired) electrons. The number of hydrogen-bond donors (Lipinski definition) is 3. The summed E-state index contributed by atoms with van der Waals surface area (Å²) in [5, 5.41) is 1.02. The molecule has 3 aromatic carbocycles. The molecule has 7 rings (SSSR count). The fraction of sp³-hybridized carbons (Fsp3) is 0.292. The minimum absolute atomic E-state index is 0.0280. The van der Waals surface area contributed by atoms with Crippen molar-refractivity contribution in [2.75, 3.05) is 61.1 Å². The highest BCUT2D eigenvalue weighted by Crippen LogP contribution is 2.31. The summed E-state index contributed by atoms with van der Waals surface area (Å²) in [6.07, 6.45) is 3.15. The summed E-state index contributed by atoms with van der Waals surface area (Å²) in [7, 11) is 1.32. The number of ether oxygens (including phenoxy) is 1. The van der Waals surface area contributed by atoms with Gasteiger partial charge in [-0.25, -0.2) is 43.5 Å². The van der Waals surface area contributed by atoms with Gasteiger partial charge in [0, 0.05) is 67.0 Å². The molecule has 17 nitrogen and oxygen atoms in total. The molecule has 0 saturated carbocycles. The number of hydrogen-bond acceptors (Lipinski definition) is 14.